The number of aromatic nitrogens is 2. The van der Waals surface area contributed by atoms with Crippen molar-refractivity contribution in [3.8, 4) is 0 Å². The Morgan fingerprint density at radius 2 is 1.85 bits per heavy atom. The average Bonchev–Trinajstić information content (AvgIpc) is 3.12. The van der Waals surface area contributed by atoms with Gasteiger partial charge in [-0.25, -0.2) is 8.42 Å². The van der Waals surface area contributed by atoms with Crippen LogP contribution in [0.3, 0.4) is 0 Å². The first-order chi connectivity index (χ1) is 12.5. The van der Waals surface area contributed by atoms with Crippen molar-refractivity contribution in [1.82, 2.24) is 19.4 Å². The van der Waals surface area contributed by atoms with Crippen LogP contribution in [-0.2, 0) is 21.4 Å². The molecule has 8 nitrogen and oxygen atoms in total. The van der Waals surface area contributed by atoms with E-state index in [4.69, 9.17) is 0 Å². The zero-order valence-electron chi connectivity index (χ0n) is 14.5. The van der Waals surface area contributed by atoms with Crippen LogP contribution in [0.4, 0.5) is 5.13 Å². The first-order valence-electron chi connectivity index (χ1n) is 8.39. The van der Waals surface area contributed by atoms with Crippen molar-refractivity contribution in [1.29, 1.82) is 0 Å². The molecule has 2 heterocycles. The molecule has 1 aliphatic rings. The Morgan fingerprint density at radius 3 is 2.50 bits per heavy atom. The Bertz CT molecular complexity index is 846. The summed E-state index contributed by atoms with van der Waals surface area (Å²) < 4.78 is 26.8. The monoisotopic (exact) mass is 395 g/mol. The zero-order chi connectivity index (χ0) is 18.6. The number of carbonyl (C=O) groups is 1. The van der Waals surface area contributed by atoms with Gasteiger partial charge in [0.15, 0.2) is 0 Å². The highest BCUT2D eigenvalue weighted by molar-refractivity contribution is 7.91. The second-order valence-electron chi connectivity index (χ2n) is 5.94. The number of hydrogen-bond acceptors (Lipinski definition) is 7. The van der Waals surface area contributed by atoms with Gasteiger partial charge in [-0.2, -0.15) is 4.31 Å². The molecule has 2 aromatic rings. The fraction of sp³-hybridized carbons (Fsp3) is 0.438. The minimum atomic E-state index is -3.68. The van der Waals surface area contributed by atoms with Gasteiger partial charge in [-0.1, -0.05) is 48.6 Å². The molecule has 10 heteroatoms. The van der Waals surface area contributed by atoms with Crippen LogP contribution in [0.15, 0.2) is 34.7 Å². The van der Waals surface area contributed by atoms with Gasteiger partial charge < -0.3 is 5.32 Å². The Morgan fingerprint density at radius 1 is 1.15 bits per heavy atom. The van der Waals surface area contributed by atoms with Crippen LogP contribution >= 0.6 is 11.3 Å². The van der Waals surface area contributed by atoms with Gasteiger partial charge in [0.25, 0.3) is 10.0 Å². The van der Waals surface area contributed by atoms with Crippen LogP contribution in [0.1, 0.15) is 18.9 Å². The van der Waals surface area contributed by atoms with Gasteiger partial charge in [0.2, 0.25) is 15.4 Å². The lowest BCUT2D eigenvalue weighted by atomic mass is 10.2. The number of benzene rings is 1. The van der Waals surface area contributed by atoms with Crippen molar-refractivity contribution in [3.63, 3.8) is 0 Å². The molecule has 1 aromatic heterocycles. The van der Waals surface area contributed by atoms with Gasteiger partial charge in [-0.3, -0.25) is 9.69 Å². The van der Waals surface area contributed by atoms with Crippen LogP contribution in [0.2, 0.25) is 0 Å². The molecule has 1 aliphatic heterocycles. The predicted octanol–water partition coefficient (Wildman–Crippen LogP) is 1.39. The lowest BCUT2D eigenvalue weighted by Crippen LogP contribution is -2.48. The van der Waals surface area contributed by atoms with E-state index in [1.165, 1.54) is 9.87 Å². The second-order valence-corrected chi connectivity index (χ2v) is 9.03. The molecule has 0 aliphatic carbocycles. The second kappa shape index (κ2) is 8.21. The third kappa shape index (κ3) is 4.44. The molecule has 0 unspecified atom stereocenters. The third-order valence-electron chi connectivity index (χ3n) is 4.11. The topological polar surface area (TPSA) is 95.5 Å². The largest absolute Gasteiger partial charge is 0.301 e. The van der Waals surface area contributed by atoms with Gasteiger partial charge >= 0.3 is 0 Å². The van der Waals surface area contributed by atoms with Crippen molar-refractivity contribution in [2.45, 2.75) is 24.2 Å². The first kappa shape index (κ1) is 18.9. The fourth-order valence-electron chi connectivity index (χ4n) is 2.65. The maximum Gasteiger partial charge on any atom is 0.272 e. The van der Waals surface area contributed by atoms with E-state index in [-0.39, 0.29) is 15.4 Å². The lowest BCUT2D eigenvalue weighted by molar-refractivity contribution is -0.115. The van der Waals surface area contributed by atoms with E-state index in [9.17, 15) is 13.2 Å². The van der Waals surface area contributed by atoms with Gasteiger partial charge in [0.05, 0.1) is 0 Å². The Labute approximate surface area is 156 Å². The minimum absolute atomic E-state index is 0.0830. The average molecular weight is 396 g/mol. The summed E-state index contributed by atoms with van der Waals surface area (Å²) in [4.78, 5) is 13.6. The molecular weight excluding hydrogens is 374 g/mol. The number of carbonyl (C=O) groups excluding carboxylic acids is 1. The number of anilines is 1. The van der Waals surface area contributed by atoms with E-state index >= 15 is 0 Å². The molecule has 1 saturated heterocycles. The summed E-state index contributed by atoms with van der Waals surface area (Å²) in [7, 11) is -3.68. The van der Waals surface area contributed by atoms with Crippen LogP contribution in [0, 0.1) is 0 Å². The Balaban J connectivity index is 1.60. The van der Waals surface area contributed by atoms with Gasteiger partial charge in [-0.15, -0.1) is 10.2 Å². The number of nitrogens with zero attached hydrogens (tertiary/aromatic N) is 4. The zero-order valence-corrected chi connectivity index (χ0v) is 16.1. The molecule has 0 bridgehead atoms. The third-order valence-corrected chi connectivity index (χ3v) is 7.20. The molecule has 26 heavy (non-hydrogen) atoms. The molecule has 0 radical (unpaired) electrons. The molecule has 1 aromatic carbocycles. The molecular formula is C16H21N5O3S2. The molecule has 140 valence electrons. The van der Waals surface area contributed by atoms with Gasteiger partial charge in [0, 0.05) is 39.1 Å². The van der Waals surface area contributed by atoms with E-state index in [1.54, 1.807) is 6.92 Å². The van der Waals surface area contributed by atoms with E-state index in [0.717, 1.165) is 17.9 Å². The summed E-state index contributed by atoms with van der Waals surface area (Å²) in [6.07, 6.45) is 0.297. The summed E-state index contributed by atoms with van der Waals surface area (Å²) >= 11 is 0.883. The quantitative estimate of drug-likeness (QED) is 0.743. The van der Waals surface area contributed by atoms with Crippen LogP contribution < -0.4 is 5.32 Å². The summed E-state index contributed by atoms with van der Waals surface area (Å²) in [5, 5.41) is 10.2. The molecule has 3 rings (SSSR count). The smallest absolute Gasteiger partial charge is 0.272 e. The fourth-order valence-corrected chi connectivity index (χ4v) is 5.13. The van der Waals surface area contributed by atoms with E-state index in [2.05, 4.69) is 32.5 Å². The van der Waals surface area contributed by atoms with E-state index < -0.39 is 10.0 Å². The number of rotatable bonds is 6. The van der Waals surface area contributed by atoms with Crippen LogP contribution in [0.25, 0.3) is 0 Å². The molecule has 1 amide bonds. The number of hydrogen-bond donors (Lipinski definition) is 1. The highest BCUT2D eigenvalue weighted by Gasteiger charge is 2.31. The maximum absolute atomic E-state index is 12.7. The van der Waals surface area contributed by atoms with Gasteiger partial charge in [-0.05, 0) is 5.56 Å². The van der Waals surface area contributed by atoms with E-state index in [1.807, 2.05) is 18.2 Å². The molecule has 1 fully saturated rings. The summed E-state index contributed by atoms with van der Waals surface area (Å²) in [6, 6.07) is 10.1. The molecule has 0 saturated carbocycles. The van der Waals surface area contributed by atoms with Crippen LogP contribution in [-0.4, -0.2) is 59.9 Å². The van der Waals surface area contributed by atoms with Gasteiger partial charge in [0.1, 0.15) is 0 Å². The number of sulfonamides is 1. The maximum atomic E-state index is 12.7. The van der Waals surface area contributed by atoms with Crippen molar-refractivity contribution >= 4 is 32.4 Å². The van der Waals surface area contributed by atoms with Crippen molar-refractivity contribution in [2.24, 2.45) is 0 Å². The van der Waals surface area contributed by atoms with Crippen LogP contribution in [0.5, 0.6) is 0 Å². The van der Waals surface area contributed by atoms with Crippen molar-refractivity contribution < 1.29 is 13.2 Å². The summed E-state index contributed by atoms with van der Waals surface area (Å²) in [6.45, 7) is 4.65. The highest BCUT2D eigenvalue weighted by Crippen LogP contribution is 2.24. The summed E-state index contributed by atoms with van der Waals surface area (Å²) in [5.74, 6) is -0.223. The van der Waals surface area contributed by atoms with E-state index in [0.29, 0.717) is 32.6 Å². The lowest BCUT2D eigenvalue weighted by Gasteiger charge is -2.33. The Hall–Kier alpha value is -1.88. The summed E-state index contributed by atoms with van der Waals surface area (Å²) in [5.41, 5.74) is 1.21. The van der Waals surface area contributed by atoms with Crippen molar-refractivity contribution in [2.75, 3.05) is 31.5 Å². The molecule has 0 atom stereocenters. The predicted molar refractivity (Wildman–Crippen MR) is 99.3 cm³/mol. The Kier molecular flexibility index (Phi) is 5.97. The highest BCUT2D eigenvalue weighted by atomic mass is 32.2. The minimum Gasteiger partial charge on any atom is -0.301 e. The number of amides is 1. The number of nitrogens with one attached hydrogen (secondary N) is 1. The standard InChI is InChI=1S/C16H21N5O3S2/c1-2-14(22)17-15-18-19-16(25-15)26(23,24)21-10-8-20(9-11-21)12-13-6-4-3-5-7-13/h3-7H,2,8-12H2,1H3,(H,17,18,22). The SMILES string of the molecule is CCC(=O)Nc1nnc(S(=O)(=O)N2CCN(Cc3ccccc3)CC2)s1. The first-order valence-corrected chi connectivity index (χ1v) is 10.6. The van der Waals surface area contributed by atoms with Crippen molar-refractivity contribution in [3.05, 3.63) is 35.9 Å². The number of piperazine rings is 1. The molecule has 0 spiro atoms. The molecule has 1 N–H and O–H groups in total. The normalized spacial score (nSPS) is 16.5.